The normalized spacial score (nSPS) is 11.1. The van der Waals surface area contributed by atoms with Gasteiger partial charge in [0.2, 0.25) is 0 Å². The van der Waals surface area contributed by atoms with Crippen LogP contribution >= 0.6 is 11.6 Å². The summed E-state index contributed by atoms with van der Waals surface area (Å²) >= 11 is 5.73. The van der Waals surface area contributed by atoms with Gasteiger partial charge >= 0.3 is 0 Å². The van der Waals surface area contributed by atoms with E-state index >= 15 is 0 Å². The third-order valence-corrected chi connectivity index (χ3v) is 1.80. The highest BCUT2D eigenvalue weighted by Gasteiger charge is 2.07. The maximum Gasteiger partial charge on any atom is 0.106 e. The molecule has 1 rings (SSSR count). The second-order valence-electron chi connectivity index (χ2n) is 2.52. The lowest BCUT2D eigenvalue weighted by Crippen LogP contribution is -2.11. The lowest BCUT2D eigenvalue weighted by atomic mass is 10.1. The first-order chi connectivity index (χ1) is 6.61. The molecule has 0 saturated carbocycles. The lowest BCUT2D eigenvalue weighted by molar-refractivity contribution is 0.373. The van der Waals surface area contributed by atoms with E-state index in [9.17, 15) is 0 Å². The molecule has 1 aromatic rings. The van der Waals surface area contributed by atoms with Gasteiger partial charge in [0, 0.05) is 12.1 Å². The number of aliphatic hydroxyl groups is 2. The Morgan fingerprint density at radius 2 is 2.07 bits per heavy atom. The third-order valence-electron chi connectivity index (χ3n) is 1.57. The Bertz CT molecular complexity index is 302. The van der Waals surface area contributed by atoms with Crippen molar-refractivity contribution < 1.29 is 10.2 Å². The summed E-state index contributed by atoms with van der Waals surface area (Å²) in [5, 5.41) is 16.6. The topological polar surface area (TPSA) is 66.5 Å². The average molecular weight is 216 g/mol. The summed E-state index contributed by atoms with van der Waals surface area (Å²) in [5.41, 5.74) is 6.36. The monoisotopic (exact) mass is 215 g/mol. The summed E-state index contributed by atoms with van der Waals surface area (Å²) < 4.78 is 0. The number of aliphatic hydroxyl groups excluding tert-OH is 2. The molecule has 0 aliphatic carbocycles. The number of nitrogens with two attached hydrogens (primary N) is 1. The van der Waals surface area contributed by atoms with E-state index in [4.69, 9.17) is 27.5 Å². The van der Waals surface area contributed by atoms with Gasteiger partial charge in [-0.2, -0.15) is 0 Å². The molecule has 0 radical (unpaired) electrons. The van der Waals surface area contributed by atoms with Crippen LogP contribution in [-0.2, 0) is 0 Å². The highest BCUT2D eigenvalue weighted by molar-refractivity contribution is 6.30. The fraction of sp³-hybridized carbons (Fsp3) is 0.200. The van der Waals surface area contributed by atoms with Gasteiger partial charge in [-0.15, -0.1) is 0 Å². The van der Waals surface area contributed by atoms with Crippen molar-refractivity contribution in [3.8, 4) is 0 Å². The first-order valence-corrected chi connectivity index (χ1v) is 4.32. The standard InChI is InChI=1S/C9H10ClNO.CH4O/c1-6(12)9(11)7-3-2-4-8(10)5-7;1-2/h2-5,9,12H,1,11H2;2H,1H3. The predicted octanol–water partition coefficient (Wildman–Crippen LogP) is 2.02. The molecule has 0 amide bonds. The van der Waals surface area contributed by atoms with Crippen LogP contribution in [-0.4, -0.2) is 17.3 Å². The maximum atomic E-state index is 9.00. The van der Waals surface area contributed by atoms with Crippen LogP contribution < -0.4 is 5.73 Å². The Kier molecular flexibility index (Phi) is 5.95. The Labute approximate surface area is 88.4 Å². The molecule has 4 N–H and O–H groups in total. The molecule has 4 heteroatoms. The fourth-order valence-corrected chi connectivity index (χ4v) is 1.09. The zero-order valence-corrected chi connectivity index (χ0v) is 8.70. The second-order valence-corrected chi connectivity index (χ2v) is 2.96. The number of rotatable bonds is 2. The van der Waals surface area contributed by atoms with Crippen LogP contribution in [0, 0.1) is 0 Å². The zero-order valence-electron chi connectivity index (χ0n) is 7.94. The van der Waals surface area contributed by atoms with Gasteiger partial charge < -0.3 is 15.9 Å². The average Bonchev–Trinajstić information content (AvgIpc) is 2.19. The molecule has 0 aromatic heterocycles. The van der Waals surface area contributed by atoms with Crippen LogP contribution in [0.2, 0.25) is 5.02 Å². The summed E-state index contributed by atoms with van der Waals surface area (Å²) in [4.78, 5) is 0. The Balaban J connectivity index is 0.000000791. The van der Waals surface area contributed by atoms with Crippen molar-refractivity contribution in [1.82, 2.24) is 0 Å². The van der Waals surface area contributed by atoms with Gasteiger partial charge in [-0.25, -0.2) is 0 Å². The van der Waals surface area contributed by atoms with Gasteiger partial charge in [-0.05, 0) is 17.7 Å². The smallest absolute Gasteiger partial charge is 0.106 e. The molecule has 1 aromatic carbocycles. The van der Waals surface area contributed by atoms with E-state index in [0.29, 0.717) is 5.02 Å². The SMILES string of the molecule is C=C(O)C(N)c1cccc(Cl)c1.CO. The maximum absolute atomic E-state index is 9.00. The number of hydrogen-bond donors (Lipinski definition) is 3. The van der Waals surface area contributed by atoms with Crippen LogP contribution in [0.15, 0.2) is 36.6 Å². The van der Waals surface area contributed by atoms with Crippen molar-refractivity contribution in [3.63, 3.8) is 0 Å². The van der Waals surface area contributed by atoms with Crippen molar-refractivity contribution in [2.24, 2.45) is 5.73 Å². The van der Waals surface area contributed by atoms with Crippen LogP contribution in [0.4, 0.5) is 0 Å². The molecule has 0 aliphatic rings. The van der Waals surface area contributed by atoms with Crippen LogP contribution in [0.5, 0.6) is 0 Å². The Hall–Kier alpha value is -1.03. The molecule has 0 bridgehead atoms. The lowest BCUT2D eigenvalue weighted by Gasteiger charge is -2.09. The summed E-state index contributed by atoms with van der Waals surface area (Å²) in [6.07, 6.45) is 0. The summed E-state index contributed by atoms with van der Waals surface area (Å²) in [7, 11) is 1.00. The molecule has 14 heavy (non-hydrogen) atoms. The van der Waals surface area contributed by atoms with Gasteiger partial charge in [-0.1, -0.05) is 30.3 Å². The number of halogens is 1. The molecule has 1 unspecified atom stereocenters. The Morgan fingerprint density at radius 3 is 2.50 bits per heavy atom. The van der Waals surface area contributed by atoms with Crippen LogP contribution in [0.1, 0.15) is 11.6 Å². The molecule has 0 saturated heterocycles. The minimum Gasteiger partial charge on any atom is -0.511 e. The minimum absolute atomic E-state index is 0.0581. The largest absolute Gasteiger partial charge is 0.511 e. The first-order valence-electron chi connectivity index (χ1n) is 3.95. The summed E-state index contributed by atoms with van der Waals surface area (Å²) in [6, 6.07) is 6.47. The second kappa shape index (κ2) is 6.43. The number of benzene rings is 1. The van der Waals surface area contributed by atoms with Crippen LogP contribution in [0.3, 0.4) is 0 Å². The highest BCUT2D eigenvalue weighted by Crippen LogP contribution is 2.19. The van der Waals surface area contributed by atoms with E-state index in [1.54, 1.807) is 24.3 Å². The van der Waals surface area contributed by atoms with E-state index in [2.05, 4.69) is 6.58 Å². The quantitative estimate of drug-likeness (QED) is 0.662. The van der Waals surface area contributed by atoms with E-state index in [1.165, 1.54) is 0 Å². The molecule has 0 spiro atoms. The van der Waals surface area contributed by atoms with Crippen molar-refractivity contribution >= 4 is 11.6 Å². The van der Waals surface area contributed by atoms with Crippen LogP contribution in [0.25, 0.3) is 0 Å². The molecule has 3 nitrogen and oxygen atoms in total. The molecule has 0 aliphatic heterocycles. The molecular formula is C10H14ClNO2. The number of hydrogen-bond acceptors (Lipinski definition) is 3. The van der Waals surface area contributed by atoms with Gasteiger partial charge in [-0.3, -0.25) is 0 Å². The minimum atomic E-state index is -0.552. The fourth-order valence-electron chi connectivity index (χ4n) is 0.892. The highest BCUT2D eigenvalue weighted by atomic mass is 35.5. The first kappa shape index (κ1) is 13.0. The summed E-state index contributed by atoms with van der Waals surface area (Å²) in [6.45, 7) is 3.35. The van der Waals surface area contributed by atoms with Gasteiger partial charge in [0.05, 0.1) is 6.04 Å². The molecular weight excluding hydrogens is 202 g/mol. The van der Waals surface area contributed by atoms with Gasteiger partial charge in [0.15, 0.2) is 0 Å². The van der Waals surface area contributed by atoms with E-state index in [0.717, 1.165) is 12.7 Å². The summed E-state index contributed by atoms with van der Waals surface area (Å²) in [5.74, 6) is -0.0581. The van der Waals surface area contributed by atoms with Gasteiger partial charge in [0.1, 0.15) is 5.76 Å². The van der Waals surface area contributed by atoms with E-state index in [1.807, 2.05) is 0 Å². The van der Waals surface area contributed by atoms with E-state index < -0.39 is 6.04 Å². The van der Waals surface area contributed by atoms with Crippen molar-refractivity contribution in [2.45, 2.75) is 6.04 Å². The molecule has 0 heterocycles. The molecule has 0 fully saturated rings. The molecule has 1 atom stereocenters. The molecule has 78 valence electrons. The van der Waals surface area contributed by atoms with Crippen molar-refractivity contribution in [1.29, 1.82) is 0 Å². The predicted molar refractivity (Wildman–Crippen MR) is 58.3 cm³/mol. The Morgan fingerprint density at radius 1 is 1.50 bits per heavy atom. The van der Waals surface area contributed by atoms with Crippen molar-refractivity contribution in [2.75, 3.05) is 7.11 Å². The van der Waals surface area contributed by atoms with Gasteiger partial charge in [0.25, 0.3) is 0 Å². The van der Waals surface area contributed by atoms with E-state index in [-0.39, 0.29) is 5.76 Å². The van der Waals surface area contributed by atoms with Crippen molar-refractivity contribution in [3.05, 3.63) is 47.2 Å². The third kappa shape index (κ3) is 3.79. The zero-order chi connectivity index (χ0) is 11.1.